The Hall–Kier alpha value is -2.57. The lowest BCUT2D eigenvalue weighted by Crippen LogP contribution is -2.16. The van der Waals surface area contributed by atoms with Crippen LogP contribution in [0.3, 0.4) is 0 Å². The molecule has 16 heavy (non-hydrogen) atoms. The van der Waals surface area contributed by atoms with Gasteiger partial charge in [-0.2, -0.15) is 4.98 Å². The van der Waals surface area contributed by atoms with E-state index in [-0.39, 0.29) is 17.5 Å². The Balaban J connectivity index is 2.23. The van der Waals surface area contributed by atoms with Crippen molar-refractivity contribution in [3.05, 3.63) is 34.6 Å². The fourth-order valence-electron chi connectivity index (χ4n) is 1.08. The Kier molecular flexibility index (Phi) is 2.42. The molecule has 0 aliphatic heterocycles. The Morgan fingerprint density at radius 2 is 2.00 bits per heavy atom. The van der Waals surface area contributed by atoms with Gasteiger partial charge in [-0.25, -0.2) is 5.10 Å². The summed E-state index contributed by atoms with van der Waals surface area (Å²) in [6.07, 6.45) is 0. The number of nitrogens with zero attached hydrogens (tertiary/aromatic N) is 2. The number of benzene rings is 1. The summed E-state index contributed by atoms with van der Waals surface area (Å²) in [5, 5.41) is 17.7. The second kappa shape index (κ2) is 3.89. The van der Waals surface area contributed by atoms with Crippen LogP contribution in [0.25, 0.3) is 0 Å². The third-order valence-electron chi connectivity index (χ3n) is 1.85. The lowest BCUT2D eigenvalue weighted by molar-refractivity contribution is 0.475. The average Bonchev–Trinajstić information content (AvgIpc) is 2.27. The van der Waals surface area contributed by atoms with Crippen LogP contribution in [0.2, 0.25) is 0 Å². The van der Waals surface area contributed by atoms with E-state index in [4.69, 9.17) is 10.8 Å². The molecule has 1 aromatic heterocycles. The Labute approximate surface area is 90.0 Å². The molecule has 5 N–H and O–H groups in total. The van der Waals surface area contributed by atoms with Gasteiger partial charge in [-0.3, -0.25) is 4.79 Å². The summed E-state index contributed by atoms with van der Waals surface area (Å²) in [6, 6.07) is 6.30. The Morgan fingerprint density at radius 3 is 2.62 bits per heavy atom. The van der Waals surface area contributed by atoms with Gasteiger partial charge in [0.25, 0.3) is 0 Å². The first kappa shape index (κ1) is 9.97. The number of hydrogen-bond acceptors (Lipinski definition) is 6. The molecule has 2 aromatic rings. The SMILES string of the molecule is Nc1nc(Nc2ccc(O)cc2)n[nH]c1=O. The number of phenolic OH excluding ortho intramolecular Hbond substituents is 1. The van der Waals surface area contributed by atoms with Crippen LogP contribution in [-0.4, -0.2) is 20.3 Å². The molecule has 0 bridgehead atoms. The summed E-state index contributed by atoms with van der Waals surface area (Å²) in [5.41, 5.74) is 5.46. The smallest absolute Gasteiger partial charge is 0.306 e. The molecule has 1 heterocycles. The largest absolute Gasteiger partial charge is 0.508 e. The van der Waals surface area contributed by atoms with Gasteiger partial charge >= 0.3 is 5.56 Å². The molecule has 0 atom stereocenters. The number of aromatic nitrogens is 3. The van der Waals surface area contributed by atoms with Crippen LogP contribution in [0.5, 0.6) is 5.75 Å². The highest BCUT2D eigenvalue weighted by Gasteiger charge is 2.01. The van der Waals surface area contributed by atoms with Crippen molar-refractivity contribution in [1.82, 2.24) is 15.2 Å². The number of phenols is 1. The molecule has 0 saturated carbocycles. The van der Waals surface area contributed by atoms with Gasteiger partial charge in [-0.05, 0) is 24.3 Å². The zero-order chi connectivity index (χ0) is 11.5. The molecule has 0 fully saturated rings. The number of nitrogens with one attached hydrogen (secondary N) is 2. The second-order valence-corrected chi connectivity index (χ2v) is 3.05. The number of rotatable bonds is 2. The van der Waals surface area contributed by atoms with Gasteiger partial charge < -0.3 is 16.2 Å². The van der Waals surface area contributed by atoms with Crippen LogP contribution < -0.4 is 16.6 Å². The molecule has 0 aliphatic carbocycles. The van der Waals surface area contributed by atoms with E-state index >= 15 is 0 Å². The lowest BCUT2D eigenvalue weighted by atomic mass is 10.3. The van der Waals surface area contributed by atoms with E-state index in [1.165, 1.54) is 12.1 Å². The second-order valence-electron chi connectivity index (χ2n) is 3.05. The average molecular weight is 219 g/mol. The summed E-state index contributed by atoms with van der Waals surface area (Å²) in [6.45, 7) is 0. The minimum atomic E-state index is -0.531. The zero-order valence-electron chi connectivity index (χ0n) is 8.14. The van der Waals surface area contributed by atoms with Crippen LogP contribution in [0.1, 0.15) is 0 Å². The maximum atomic E-state index is 10.9. The lowest BCUT2D eigenvalue weighted by Gasteiger charge is -2.03. The van der Waals surface area contributed by atoms with Gasteiger partial charge in [0.15, 0.2) is 5.82 Å². The molecule has 0 unspecified atom stereocenters. The molecule has 82 valence electrons. The highest BCUT2D eigenvalue weighted by atomic mass is 16.3. The maximum Gasteiger partial charge on any atom is 0.306 e. The van der Waals surface area contributed by atoms with Gasteiger partial charge in [-0.1, -0.05) is 0 Å². The number of aromatic hydroxyl groups is 1. The molecule has 2 rings (SSSR count). The van der Waals surface area contributed by atoms with Crippen molar-refractivity contribution in [2.24, 2.45) is 0 Å². The number of anilines is 3. The monoisotopic (exact) mass is 219 g/mol. The van der Waals surface area contributed by atoms with Crippen molar-refractivity contribution in [3.63, 3.8) is 0 Å². The number of nitrogens with two attached hydrogens (primary N) is 1. The first-order chi connectivity index (χ1) is 7.65. The third kappa shape index (κ3) is 2.08. The van der Waals surface area contributed by atoms with Crippen molar-refractivity contribution in [2.75, 3.05) is 11.1 Å². The number of aromatic amines is 1. The van der Waals surface area contributed by atoms with Crippen molar-refractivity contribution in [1.29, 1.82) is 0 Å². The van der Waals surface area contributed by atoms with Gasteiger partial charge in [0.05, 0.1) is 0 Å². The Bertz CT molecular complexity index is 549. The molecular weight excluding hydrogens is 210 g/mol. The fraction of sp³-hybridized carbons (Fsp3) is 0. The molecule has 7 heteroatoms. The topological polar surface area (TPSA) is 117 Å². The van der Waals surface area contributed by atoms with Crippen LogP contribution in [-0.2, 0) is 0 Å². The van der Waals surface area contributed by atoms with E-state index in [0.717, 1.165) is 0 Å². The van der Waals surface area contributed by atoms with Crippen LogP contribution >= 0.6 is 0 Å². The predicted molar refractivity (Wildman–Crippen MR) is 58.5 cm³/mol. The van der Waals surface area contributed by atoms with Crippen LogP contribution in [0, 0.1) is 0 Å². The molecule has 0 aliphatic rings. The van der Waals surface area contributed by atoms with Crippen molar-refractivity contribution in [3.8, 4) is 5.75 Å². The van der Waals surface area contributed by atoms with E-state index in [2.05, 4.69) is 20.5 Å². The van der Waals surface area contributed by atoms with Crippen LogP contribution in [0.4, 0.5) is 17.5 Å². The summed E-state index contributed by atoms with van der Waals surface area (Å²) in [5.74, 6) is 0.187. The van der Waals surface area contributed by atoms with E-state index in [1.807, 2.05) is 0 Å². The van der Waals surface area contributed by atoms with Gasteiger partial charge in [0.2, 0.25) is 5.95 Å². The Morgan fingerprint density at radius 1 is 1.31 bits per heavy atom. The van der Waals surface area contributed by atoms with E-state index in [9.17, 15) is 4.79 Å². The molecule has 0 spiro atoms. The first-order valence-corrected chi connectivity index (χ1v) is 4.43. The van der Waals surface area contributed by atoms with Gasteiger partial charge in [0, 0.05) is 5.69 Å². The quantitative estimate of drug-likeness (QED) is 0.536. The molecular formula is C9H9N5O2. The van der Waals surface area contributed by atoms with Crippen LogP contribution in [0.15, 0.2) is 29.1 Å². The van der Waals surface area contributed by atoms with Gasteiger partial charge in [-0.15, -0.1) is 5.10 Å². The molecule has 0 radical (unpaired) electrons. The van der Waals surface area contributed by atoms with Gasteiger partial charge in [0.1, 0.15) is 5.75 Å². The van der Waals surface area contributed by atoms with E-state index < -0.39 is 5.56 Å². The summed E-state index contributed by atoms with van der Waals surface area (Å²) < 4.78 is 0. The van der Waals surface area contributed by atoms with Crippen molar-refractivity contribution >= 4 is 17.5 Å². The third-order valence-corrected chi connectivity index (χ3v) is 1.85. The first-order valence-electron chi connectivity index (χ1n) is 4.43. The predicted octanol–water partition coefficient (Wildman–Crippen LogP) is 0.196. The fourth-order valence-corrected chi connectivity index (χ4v) is 1.08. The minimum absolute atomic E-state index is 0.156. The molecule has 7 nitrogen and oxygen atoms in total. The maximum absolute atomic E-state index is 10.9. The number of hydrogen-bond donors (Lipinski definition) is 4. The standard InChI is InChI=1S/C9H9N5O2/c10-7-8(16)13-14-9(12-7)11-5-1-3-6(15)4-2-5/h1-4,15H,(H,13,16)(H3,10,11,12,14). The van der Waals surface area contributed by atoms with E-state index in [1.54, 1.807) is 12.1 Å². The summed E-state index contributed by atoms with van der Waals surface area (Å²) in [7, 11) is 0. The highest BCUT2D eigenvalue weighted by Crippen LogP contribution is 2.16. The number of nitrogen functional groups attached to an aromatic ring is 1. The summed E-state index contributed by atoms with van der Waals surface area (Å²) in [4.78, 5) is 14.6. The molecule has 0 saturated heterocycles. The van der Waals surface area contributed by atoms with Crippen molar-refractivity contribution in [2.45, 2.75) is 0 Å². The number of H-pyrrole nitrogens is 1. The normalized spacial score (nSPS) is 10.0. The summed E-state index contributed by atoms with van der Waals surface area (Å²) >= 11 is 0. The zero-order valence-corrected chi connectivity index (χ0v) is 8.14. The minimum Gasteiger partial charge on any atom is -0.508 e. The van der Waals surface area contributed by atoms with Crippen molar-refractivity contribution < 1.29 is 5.11 Å². The highest BCUT2D eigenvalue weighted by molar-refractivity contribution is 5.54. The molecule has 0 amide bonds. The molecule has 1 aromatic carbocycles. The van der Waals surface area contributed by atoms with E-state index in [0.29, 0.717) is 5.69 Å².